The van der Waals surface area contributed by atoms with Crippen LogP contribution in [0.2, 0.25) is 0 Å². The second kappa shape index (κ2) is 7.25. The molecule has 0 aromatic heterocycles. The molecule has 0 saturated carbocycles. The first-order chi connectivity index (χ1) is 9.04. The molecule has 19 heavy (non-hydrogen) atoms. The molecule has 0 aliphatic rings. The van der Waals surface area contributed by atoms with Crippen molar-refractivity contribution in [3.05, 3.63) is 24.3 Å². The Balaban J connectivity index is 2.68. The lowest BCUT2D eigenvalue weighted by Crippen LogP contribution is -2.44. The van der Waals surface area contributed by atoms with Gasteiger partial charge in [0, 0.05) is 13.5 Å². The highest BCUT2D eigenvalue weighted by molar-refractivity contribution is 5.82. The van der Waals surface area contributed by atoms with Crippen LogP contribution in [-0.2, 0) is 9.59 Å². The molecule has 0 bridgehead atoms. The fourth-order valence-electron chi connectivity index (χ4n) is 1.55. The van der Waals surface area contributed by atoms with Gasteiger partial charge in [-0.3, -0.25) is 4.79 Å². The Labute approximate surface area is 111 Å². The standard InChI is InChI=1S/C13H18N2O4/c1-3-19-12-7-5-4-6-10(12)14-8-11(13(17)18)15-9(2)16/h4-7,11,14H,3,8H2,1-2H3,(H,15,16)(H,17,18). The monoisotopic (exact) mass is 266 g/mol. The third-order valence-corrected chi connectivity index (χ3v) is 2.36. The first-order valence-corrected chi connectivity index (χ1v) is 6.00. The average molecular weight is 266 g/mol. The Bertz CT molecular complexity index is 448. The summed E-state index contributed by atoms with van der Waals surface area (Å²) in [6, 6.07) is 6.25. The van der Waals surface area contributed by atoms with Crippen molar-refractivity contribution in [2.75, 3.05) is 18.5 Å². The maximum absolute atomic E-state index is 11.0. The lowest BCUT2D eigenvalue weighted by molar-refractivity contribution is -0.141. The largest absolute Gasteiger partial charge is 0.492 e. The van der Waals surface area contributed by atoms with Gasteiger partial charge in [-0.25, -0.2) is 4.79 Å². The first kappa shape index (κ1) is 14.8. The summed E-state index contributed by atoms with van der Waals surface area (Å²) in [5.41, 5.74) is 0.695. The van der Waals surface area contributed by atoms with E-state index >= 15 is 0 Å². The maximum Gasteiger partial charge on any atom is 0.328 e. The summed E-state index contributed by atoms with van der Waals surface area (Å²) >= 11 is 0. The van der Waals surface area contributed by atoms with Crippen LogP contribution >= 0.6 is 0 Å². The topological polar surface area (TPSA) is 87.7 Å². The molecule has 0 fully saturated rings. The zero-order valence-corrected chi connectivity index (χ0v) is 11.0. The van der Waals surface area contributed by atoms with E-state index in [9.17, 15) is 9.59 Å². The molecule has 1 aromatic carbocycles. The number of carbonyl (C=O) groups is 2. The number of carboxylic acids is 1. The Hall–Kier alpha value is -2.24. The molecule has 6 nitrogen and oxygen atoms in total. The van der Waals surface area contributed by atoms with E-state index in [0.29, 0.717) is 18.0 Å². The van der Waals surface area contributed by atoms with Gasteiger partial charge in [-0.05, 0) is 19.1 Å². The summed E-state index contributed by atoms with van der Waals surface area (Å²) in [5, 5.41) is 14.3. The second-order valence-corrected chi connectivity index (χ2v) is 3.90. The molecule has 6 heteroatoms. The molecule has 1 rings (SSSR count). The zero-order valence-electron chi connectivity index (χ0n) is 11.0. The van der Waals surface area contributed by atoms with Gasteiger partial charge in [0.1, 0.15) is 11.8 Å². The van der Waals surface area contributed by atoms with Crippen molar-refractivity contribution in [2.45, 2.75) is 19.9 Å². The molecular formula is C13H18N2O4. The molecule has 1 aromatic rings. The first-order valence-electron chi connectivity index (χ1n) is 6.00. The third-order valence-electron chi connectivity index (χ3n) is 2.36. The molecule has 0 aliphatic heterocycles. The van der Waals surface area contributed by atoms with Gasteiger partial charge in [-0.2, -0.15) is 0 Å². The highest BCUT2D eigenvalue weighted by atomic mass is 16.5. The summed E-state index contributed by atoms with van der Waals surface area (Å²) < 4.78 is 5.41. The average Bonchev–Trinajstić information content (AvgIpc) is 2.35. The van der Waals surface area contributed by atoms with Gasteiger partial charge in [0.15, 0.2) is 0 Å². The van der Waals surface area contributed by atoms with Crippen LogP contribution in [0, 0.1) is 0 Å². The van der Waals surface area contributed by atoms with E-state index in [2.05, 4.69) is 10.6 Å². The number of carboxylic acid groups (broad SMARTS) is 1. The molecule has 0 saturated heterocycles. The number of rotatable bonds is 7. The Morgan fingerprint density at radius 2 is 2.05 bits per heavy atom. The SMILES string of the molecule is CCOc1ccccc1NCC(NC(C)=O)C(=O)O. The minimum absolute atomic E-state index is 0.0823. The van der Waals surface area contributed by atoms with E-state index in [1.165, 1.54) is 6.92 Å². The lowest BCUT2D eigenvalue weighted by Gasteiger charge is -2.16. The van der Waals surface area contributed by atoms with E-state index in [4.69, 9.17) is 9.84 Å². The fraction of sp³-hybridized carbons (Fsp3) is 0.385. The number of carbonyl (C=O) groups excluding carboxylic acids is 1. The van der Waals surface area contributed by atoms with Gasteiger partial charge >= 0.3 is 5.97 Å². The van der Waals surface area contributed by atoms with Crippen molar-refractivity contribution in [2.24, 2.45) is 0 Å². The lowest BCUT2D eigenvalue weighted by atomic mass is 10.2. The van der Waals surface area contributed by atoms with Crippen molar-refractivity contribution < 1.29 is 19.4 Å². The van der Waals surface area contributed by atoms with Crippen LogP contribution in [-0.4, -0.2) is 36.2 Å². The Kier molecular flexibility index (Phi) is 5.66. The van der Waals surface area contributed by atoms with Gasteiger partial charge < -0.3 is 20.5 Å². The predicted molar refractivity (Wildman–Crippen MR) is 71.3 cm³/mol. The number of hydrogen-bond acceptors (Lipinski definition) is 4. The zero-order chi connectivity index (χ0) is 14.3. The Morgan fingerprint density at radius 1 is 1.37 bits per heavy atom. The van der Waals surface area contributed by atoms with E-state index in [-0.39, 0.29) is 12.5 Å². The maximum atomic E-state index is 11.0. The van der Waals surface area contributed by atoms with Crippen LogP contribution in [0.5, 0.6) is 5.75 Å². The van der Waals surface area contributed by atoms with Crippen LogP contribution in [0.1, 0.15) is 13.8 Å². The molecule has 0 spiro atoms. The smallest absolute Gasteiger partial charge is 0.328 e. The minimum Gasteiger partial charge on any atom is -0.492 e. The van der Waals surface area contributed by atoms with Crippen molar-refractivity contribution >= 4 is 17.6 Å². The van der Waals surface area contributed by atoms with Gasteiger partial charge in [0.05, 0.1) is 12.3 Å². The third kappa shape index (κ3) is 4.87. The normalized spacial score (nSPS) is 11.5. The van der Waals surface area contributed by atoms with Crippen LogP contribution in [0.4, 0.5) is 5.69 Å². The van der Waals surface area contributed by atoms with Gasteiger partial charge in [0.2, 0.25) is 5.91 Å². The highest BCUT2D eigenvalue weighted by Gasteiger charge is 2.18. The second-order valence-electron chi connectivity index (χ2n) is 3.90. The van der Waals surface area contributed by atoms with E-state index < -0.39 is 12.0 Å². The summed E-state index contributed by atoms with van der Waals surface area (Å²) in [7, 11) is 0. The molecular weight excluding hydrogens is 248 g/mol. The number of anilines is 1. The summed E-state index contributed by atoms with van der Waals surface area (Å²) in [6.07, 6.45) is 0. The van der Waals surface area contributed by atoms with Crippen molar-refractivity contribution in [3.63, 3.8) is 0 Å². The highest BCUT2D eigenvalue weighted by Crippen LogP contribution is 2.23. The minimum atomic E-state index is -1.09. The van der Waals surface area contributed by atoms with Crippen LogP contribution in [0.15, 0.2) is 24.3 Å². The Morgan fingerprint density at radius 3 is 2.63 bits per heavy atom. The predicted octanol–water partition coefficient (Wildman–Crippen LogP) is 1.09. The van der Waals surface area contributed by atoms with Crippen LogP contribution in [0.25, 0.3) is 0 Å². The number of benzene rings is 1. The summed E-state index contributed by atoms with van der Waals surface area (Å²) in [4.78, 5) is 21.9. The number of ether oxygens (including phenoxy) is 1. The van der Waals surface area contributed by atoms with Crippen molar-refractivity contribution in [1.82, 2.24) is 5.32 Å². The van der Waals surface area contributed by atoms with Crippen LogP contribution < -0.4 is 15.4 Å². The number of amides is 1. The number of aliphatic carboxylic acids is 1. The summed E-state index contributed by atoms with van der Waals surface area (Å²) in [6.45, 7) is 3.75. The molecule has 104 valence electrons. The molecule has 0 radical (unpaired) electrons. The van der Waals surface area contributed by atoms with E-state index in [1.54, 1.807) is 12.1 Å². The molecule has 1 unspecified atom stereocenters. The molecule has 1 atom stereocenters. The molecule has 0 heterocycles. The molecule has 1 amide bonds. The quantitative estimate of drug-likeness (QED) is 0.687. The van der Waals surface area contributed by atoms with Crippen molar-refractivity contribution in [3.8, 4) is 5.75 Å². The number of hydrogen-bond donors (Lipinski definition) is 3. The fourth-order valence-corrected chi connectivity index (χ4v) is 1.55. The van der Waals surface area contributed by atoms with Crippen LogP contribution in [0.3, 0.4) is 0 Å². The van der Waals surface area contributed by atoms with Gasteiger partial charge in [0.25, 0.3) is 0 Å². The number of para-hydroxylation sites is 2. The van der Waals surface area contributed by atoms with Gasteiger partial charge in [-0.15, -0.1) is 0 Å². The van der Waals surface area contributed by atoms with Crippen molar-refractivity contribution in [1.29, 1.82) is 0 Å². The molecule has 0 aliphatic carbocycles. The van der Waals surface area contributed by atoms with Gasteiger partial charge in [-0.1, -0.05) is 12.1 Å². The van der Waals surface area contributed by atoms with E-state index in [1.807, 2.05) is 19.1 Å². The molecule has 3 N–H and O–H groups in total. The number of nitrogens with one attached hydrogen (secondary N) is 2. The summed E-state index contributed by atoms with van der Waals surface area (Å²) in [5.74, 6) is -0.819. The van der Waals surface area contributed by atoms with E-state index in [0.717, 1.165) is 0 Å².